The molecule has 1 atom stereocenters. The zero-order chi connectivity index (χ0) is 37.0. The lowest BCUT2D eigenvalue weighted by molar-refractivity contribution is 0.664. The Bertz CT molecular complexity index is 3140. The molecule has 0 spiro atoms. The molecule has 0 aliphatic carbocycles. The van der Waals surface area contributed by atoms with Gasteiger partial charge in [0.1, 0.15) is 17.3 Å². The van der Waals surface area contributed by atoms with Crippen LogP contribution >= 0.6 is 0 Å². The average molecular weight is 718 g/mol. The van der Waals surface area contributed by atoms with Gasteiger partial charge in [0.15, 0.2) is 0 Å². The summed E-state index contributed by atoms with van der Waals surface area (Å²) in [5.41, 5.74) is 14.9. The summed E-state index contributed by atoms with van der Waals surface area (Å²) in [6, 6.07) is 68.7. The van der Waals surface area contributed by atoms with E-state index >= 15 is 0 Å². The number of fused-ring (bicyclic) bond motifs is 6. The molecule has 11 rings (SSSR count). The number of allylic oxidation sites excluding steroid dienone is 1. The Morgan fingerprint density at radius 2 is 1.11 bits per heavy atom. The molecule has 4 heteroatoms. The molecule has 0 fully saturated rings. The van der Waals surface area contributed by atoms with Gasteiger partial charge >= 0.3 is 0 Å². The van der Waals surface area contributed by atoms with Crippen LogP contribution in [0.2, 0.25) is 0 Å². The zero-order valence-electron chi connectivity index (χ0n) is 30.4. The first kappa shape index (κ1) is 32.0. The molecule has 1 N–H and O–H groups in total. The number of benzene rings is 8. The van der Waals surface area contributed by atoms with E-state index in [0.717, 1.165) is 83.4 Å². The zero-order valence-corrected chi connectivity index (χ0v) is 30.4. The van der Waals surface area contributed by atoms with E-state index in [1.54, 1.807) is 0 Å². The standard InChI is InChI=1S/C52H35N3O/c1-5-15-34(16-6-1)38-26-28-50-44(29-38)45-32-40(31-43(51(45)56-50)35-17-7-2-8-18-35)55-48-24-14-13-23-41(48)42-27-25-39(30-49(42)55)47-33-46(36-19-9-3-10-20-36)53-52(54-47)37-21-11-4-12-22-37/h1-33,52-53H. The van der Waals surface area contributed by atoms with E-state index in [0.29, 0.717) is 0 Å². The number of nitrogens with one attached hydrogen (secondary N) is 1. The summed E-state index contributed by atoms with van der Waals surface area (Å²) in [5, 5.41) is 8.28. The second-order valence-corrected chi connectivity index (χ2v) is 14.4. The van der Waals surface area contributed by atoms with Crippen LogP contribution in [-0.2, 0) is 0 Å². The highest BCUT2D eigenvalue weighted by Gasteiger charge is 2.22. The highest BCUT2D eigenvalue weighted by Crippen LogP contribution is 2.42. The number of hydrogen-bond donors (Lipinski definition) is 1. The average Bonchev–Trinajstić information content (AvgIpc) is 3.82. The lowest BCUT2D eigenvalue weighted by Gasteiger charge is -2.25. The number of aromatic nitrogens is 1. The predicted octanol–water partition coefficient (Wildman–Crippen LogP) is 13.1. The van der Waals surface area contributed by atoms with Gasteiger partial charge in [0.25, 0.3) is 0 Å². The first-order chi connectivity index (χ1) is 27.7. The van der Waals surface area contributed by atoms with Crippen LogP contribution in [0.5, 0.6) is 0 Å². The Hall–Kier alpha value is -7.43. The third kappa shape index (κ3) is 5.42. The molecule has 0 saturated heterocycles. The first-order valence-corrected chi connectivity index (χ1v) is 19.1. The molecule has 8 aromatic carbocycles. The van der Waals surface area contributed by atoms with Crippen LogP contribution < -0.4 is 5.32 Å². The van der Waals surface area contributed by atoms with Gasteiger partial charge in [0.2, 0.25) is 0 Å². The van der Waals surface area contributed by atoms with Gasteiger partial charge in [-0.15, -0.1) is 0 Å². The van der Waals surface area contributed by atoms with Crippen LogP contribution in [0.25, 0.3) is 77.4 Å². The minimum Gasteiger partial charge on any atom is -0.455 e. The molecule has 1 aliphatic rings. The number of furan rings is 1. The van der Waals surface area contributed by atoms with Gasteiger partial charge in [0.05, 0.1) is 16.7 Å². The van der Waals surface area contributed by atoms with Crippen molar-refractivity contribution in [2.45, 2.75) is 6.17 Å². The van der Waals surface area contributed by atoms with Crippen LogP contribution in [0.15, 0.2) is 210 Å². The summed E-state index contributed by atoms with van der Waals surface area (Å²) in [4.78, 5) is 5.32. The van der Waals surface area contributed by atoms with Gasteiger partial charge in [-0.1, -0.05) is 158 Å². The molecule has 1 aliphatic heterocycles. The van der Waals surface area contributed by atoms with E-state index in [4.69, 9.17) is 9.41 Å². The van der Waals surface area contributed by atoms with Crippen LogP contribution in [0.3, 0.4) is 0 Å². The van der Waals surface area contributed by atoms with E-state index in [1.807, 2.05) is 6.07 Å². The second kappa shape index (κ2) is 13.2. The van der Waals surface area contributed by atoms with Gasteiger partial charge in [-0.3, -0.25) is 4.99 Å². The van der Waals surface area contributed by atoms with Crippen molar-refractivity contribution in [2.24, 2.45) is 4.99 Å². The molecule has 0 amide bonds. The molecule has 10 aromatic rings. The van der Waals surface area contributed by atoms with E-state index < -0.39 is 0 Å². The fourth-order valence-electron chi connectivity index (χ4n) is 8.31. The van der Waals surface area contributed by atoms with E-state index in [2.05, 4.69) is 204 Å². The van der Waals surface area contributed by atoms with Crippen molar-refractivity contribution in [1.82, 2.24) is 9.88 Å². The molecular weight excluding hydrogens is 683 g/mol. The van der Waals surface area contributed by atoms with Crippen molar-refractivity contribution in [3.05, 3.63) is 217 Å². The minimum absolute atomic E-state index is 0.223. The van der Waals surface area contributed by atoms with Crippen molar-refractivity contribution in [2.75, 3.05) is 0 Å². The Morgan fingerprint density at radius 1 is 0.464 bits per heavy atom. The fraction of sp³-hybridized carbons (Fsp3) is 0.0192. The lowest BCUT2D eigenvalue weighted by Crippen LogP contribution is -2.24. The Balaban J connectivity index is 1.16. The number of para-hydroxylation sites is 1. The van der Waals surface area contributed by atoms with Gasteiger partial charge < -0.3 is 14.3 Å². The summed E-state index contributed by atoms with van der Waals surface area (Å²) in [6.45, 7) is 0. The van der Waals surface area contributed by atoms with Crippen LogP contribution in [-0.4, -0.2) is 10.3 Å². The maximum absolute atomic E-state index is 6.73. The number of aliphatic imine (C=N–C) groups is 1. The monoisotopic (exact) mass is 717 g/mol. The number of nitrogens with zero attached hydrogens (tertiary/aromatic N) is 2. The second-order valence-electron chi connectivity index (χ2n) is 14.4. The Labute approximate surface area is 324 Å². The summed E-state index contributed by atoms with van der Waals surface area (Å²) in [6.07, 6.45) is 1.96. The normalized spacial score (nSPS) is 14.2. The molecule has 0 radical (unpaired) electrons. The number of rotatable bonds is 6. The molecule has 0 saturated carbocycles. The van der Waals surface area contributed by atoms with Crippen molar-refractivity contribution < 1.29 is 4.42 Å². The molecule has 0 bridgehead atoms. The van der Waals surface area contributed by atoms with Crippen molar-refractivity contribution in [1.29, 1.82) is 0 Å². The topological polar surface area (TPSA) is 42.5 Å². The smallest absolute Gasteiger partial charge is 0.145 e. The number of hydrogen-bond acceptors (Lipinski definition) is 3. The highest BCUT2D eigenvalue weighted by atomic mass is 16.3. The maximum atomic E-state index is 6.73. The largest absolute Gasteiger partial charge is 0.455 e. The first-order valence-electron chi connectivity index (χ1n) is 19.1. The van der Waals surface area contributed by atoms with Crippen LogP contribution in [0, 0.1) is 0 Å². The fourth-order valence-corrected chi connectivity index (χ4v) is 8.31. The quantitative estimate of drug-likeness (QED) is 0.186. The Kier molecular flexibility index (Phi) is 7.52. The Morgan fingerprint density at radius 3 is 1.88 bits per heavy atom. The van der Waals surface area contributed by atoms with Gasteiger partial charge in [-0.2, -0.15) is 0 Å². The molecule has 4 nitrogen and oxygen atoms in total. The van der Waals surface area contributed by atoms with Crippen LogP contribution in [0.4, 0.5) is 0 Å². The van der Waals surface area contributed by atoms with E-state index in [-0.39, 0.29) is 6.17 Å². The summed E-state index contributed by atoms with van der Waals surface area (Å²) >= 11 is 0. The van der Waals surface area contributed by atoms with Gasteiger partial charge in [-0.25, -0.2) is 0 Å². The summed E-state index contributed by atoms with van der Waals surface area (Å²) in [5.74, 6) is 0. The molecule has 1 unspecified atom stereocenters. The maximum Gasteiger partial charge on any atom is 0.145 e. The summed E-state index contributed by atoms with van der Waals surface area (Å²) in [7, 11) is 0. The third-order valence-electron chi connectivity index (χ3n) is 11.0. The molecule has 56 heavy (non-hydrogen) atoms. The molecular formula is C52H35N3O. The molecule has 2 aromatic heterocycles. The molecule has 3 heterocycles. The van der Waals surface area contributed by atoms with Gasteiger partial charge in [-0.05, 0) is 70.3 Å². The third-order valence-corrected chi connectivity index (χ3v) is 11.0. The highest BCUT2D eigenvalue weighted by molar-refractivity contribution is 6.17. The van der Waals surface area contributed by atoms with E-state index in [1.165, 1.54) is 16.3 Å². The van der Waals surface area contributed by atoms with Gasteiger partial charge in [0, 0.05) is 44.1 Å². The lowest BCUT2D eigenvalue weighted by atomic mass is 9.99. The van der Waals surface area contributed by atoms with Crippen LogP contribution in [0.1, 0.15) is 22.9 Å². The van der Waals surface area contributed by atoms with E-state index in [9.17, 15) is 0 Å². The SMILES string of the molecule is C1=C(c2ccccc2)NC(c2ccccc2)N=C1c1ccc2c3ccccc3n(-c3cc(-c4ccccc4)c4oc5ccc(-c6ccccc6)cc5c4c3)c2c1. The van der Waals surface area contributed by atoms with Crippen molar-refractivity contribution in [3.8, 4) is 27.9 Å². The van der Waals surface area contributed by atoms with Crippen molar-refractivity contribution >= 4 is 55.2 Å². The summed E-state index contributed by atoms with van der Waals surface area (Å²) < 4.78 is 9.15. The van der Waals surface area contributed by atoms with Crippen molar-refractivity contribution in [3.63, 3.8) is 0 Å². The molecule has 264 valence electrons. The minimum atomic E-state index is -0.223. The predicted molar refractivity (Wildman–Crippen MR) is 232 cm³/mol.